The molecule has 4 rings (SSSR count). The zero-order valence-electron chi connectivity index (χ0n) is 15.8. The molecule has 144 valence electrons. The maximum absolute atomic E-state index is 13.0. The quantitative estimate of drug-likeness (QED) is 0.593. The van der Waals surface area contributed by atoms with Crippen molar-refractivity contribution in [1.29, 1.82) is 0 Å². The summed E-state index contributed by atoms with van der Waals surface area (Å²) in [6.45, 7) is 3.08. The molecule has 0 saturated heterocycles. The molecule has 0 amide bonds. The monoisotopic (exact) mass is 371 g/mol. The molecule has 0 spiro atoms. The van der Waals surface area contributed by atoms with Crippen molar-refractivity contribution in [1.82, 2.24) is 23.8 Å². The Labute approximate surface area is 156 Å². The number of unbranched alkanes of at least 4 members (excludes halogenated alkanes) is 1. The molecule has 0 unspecified atom stereocenters. The van der Waals surface area contributed by atoms with Gasteiger partial charge in [0, 0.05) is 32.6 Å². The summed E-state index contributed by atoms with van der Waals surface area (Å²) in [4.78, 5) is 29.9. The Morgan fingerprint density at radius 3 is 2.74 bits per heavy atom. The van der Waals surface area contributed by atoms with Gasteiger partial charge in [-0.3, -0.25) is 13.9 Å². The average molecular weight is 371 g/mol. The number of hydrogen-bond acceptors (Lipinski definition) is 5. The van der Waals surface area contributed by atoms with Gasteiger partial charge >= 0.3 is 5.69 Å². The predicted octanol–water partition coefficient (Wildman–Crippen LogP) is 2.02. The van der Waals surface area contributed by atoms with E-state index in [9.17, 15) is 9.59 Å². The highest BCUT2D eigenvalue weighted by molar-refractivity contribution is 5.69. The van der Waals surface area contributed by atoms with Crippen molar-refractivity contribution in [3.05, 3.63) is 44.7 Å². The lowest BCUT2D eigenvalue weighted by molar-refractivity contribution is 0.279. The number of fused-ring (bicyclic) bond motifs is 1. The highest BCUT2D eigenvalue weighted by atomic mass is 16.5. The van der Waals surface area contributed by atoms with Gasteiger partial charge in [-0.25, -0.2) is 9.78 Å². The third kappa shape index (κ3) is 3.36. The lowest BCUT2D eigenvalue weighted by Gasteiger charge is -2.25. The Morgan fingerprint density at radius 1 is 1.26 bits per heavy atom. The molecule has 8 heteroatoms. The first kappa shape index (κ1) is 17.8. The molecule has 1 fully saturated rings. The van der Waals surface area contributed by atoms with E-state index in [2.05, 4.69) is 10.1 Å². The normalized spacial score (nSPS) is 14.7. The summed E-state index contributed by atoms with van der Waals surface area (Å²) in [5.74, 6) is 1.44. The van der Waals surface area contributed by atoms with Crippen LogP contribution in [0.2, 0.25) is 0 Å². The van der Waals surface area contributed by atoms with E-state index in [1.54, 1.807) is 13.4 Å². The van der Waals surface area contributed by atoms with Crippen molar-refractivity contribution < 1.29 is 4.52 Å². The van der Waals surface area contributed by atoms with Crippen molar-refractivity contribution >= 4 is 11.2 Å². The van der Waals surface area contributed by atoms with E-state index < -0.39 is 0 Å². The molecule has 1 aliphatic rings. The van der Waals surface area contributed by atoms with Gasteiger partial charge in [-0.1, -0.05) is 11.6 Å². The van der Waals surface area contributed by atoms with E-state index in [4.69, 9.17) is 4.52 Å². The number of imidazole rings is 1. The fourth-order valence-electron chi connectivity index (χ4n) is 3.71. The highest BCUT2D eigenvalue weighted by Gasteiger charge is 2.21. The number of aryl methyl sites for hydroxylation is 3. The van der Waals surface area contributed by atoms with Crippen LogP contribution in [0.5, 0.6) is 0 Å². The Kier molecular flexibility index (Phi) is 4.72. The van der Waals surface area contributed by atoms with Gasteiger partial charge in [0.1, 0.15) is 5.76 Å². The minimum absolute atomic E-state index is 0.236. The van der Waals surface area contributed by atoms with Gasteiger partial charge in [0.2, 0.25) is 0 Å². The van der Waals surface area contributed by atoms with E-state index in [0.717, 1.165) is 37.3 Å². The second-order valence-electron chi connectivity index (χ2n) is 7.56. The standard InChI is InChI=1S/C19H25N5O3/c1-13-10-15(27-21-13)8-3-4-9-24-18(25)16-17(22(2)19(24)26)20-12-23(16)11-14-6-5-7-14/h10,12,14H,3-9,11H2,1-2H3. The fourth-order valence-corrected chi connectivity index (χ4v) is 3.71. The third-order valence-corrected chi connectivity index (χ3v) is 5.51. The van der Waals surface area contributed by atoms with Crippen molar-refractivity contribution in [2.45, 2.75) is 58.5 Å². The van der Waals surface area contributed by atoms with Crippen LogP contribution in [0.4, 0.5) is 0 Å². The first-order valence-corrected chi connectivity index (χ1v) is 9.61. The Balaban J connectivity index is 1.55. The molecule has 0 radical (unpaired) electrons. The zero-order chi connectivity index (χ0) is 19.0. The highest BCUT2D eigenvalue weighted by Crippen LogP contribution is 2.28. The van der Waals surface area contributed by atoms with Crippen LogP contribution in [0.3, 0.4) is 0 Å². The maximum Gasteiger partial charge on any atom is 0.332 e. The van der Waals surface area contributed by atoms with Crippen LogP contribution in [0, 0.1) is 12.8 Å². The first-order valence-electron chi connectivity index (χ1n) is 9.61. The van der Waals surface area contributed by atoms with Gasteiger partial charge in [-0.2, -0.15) is 0 Å². The van der Waals surface area contributed by atoms with Crippen LogP contribution in [0.15, 0.2) is 26.5 Å². The van der Waals surface area contributed by atoms with Gasteiger partial charge in [0.15, 0.2) is 11.2 Å². The summed E-state index contributed by atoms with van der Waals surface area (Å²) in [7, 11) is 1.68. The van der Waals surface area contributed by atoms with Gasteiger partial charge in [0.25, 0.3) is 5.56 Å². The fraction of sp³-hybridized carbons (Fsp3) is 0.579. The molecule has 0 aliphatic heterocycles. The molecule has 3 aromatic rings. The minimum Gasteiger partial charge on any atom is -0.361 e. The molecule has 27 heavy (non-hydrogen) atoms. The second-order valence-corrected chi connectivity index (χ2v) is 7.56. The second kappa shape index (κ2) is 7.17. The van der Waals surface area contributed by atoms with E-state index in [1.807, 2.05) is 17.6 Å². The first-order chi connectivity index (χ1) is 13.0. The van der Waals surface area contributed by atoms with Crippen LogP contribution in [-0.2, 0) is 26.6 Å². The Hall–Kier alpha value is -2.64. The number of nitrogens with zero attached hydrogens (tertiary/aromatic N) is 5. The SMILES string of the molecule is Cc1cc(CCCCn2c(=O)c3c(ncn3CC3CCC3)n(C)c2=O)on1. The largest absolute Gasteiger partial charge is 0.361 e. The van der Waals surface area contributed by atoms with Crippen LogP contribution in [0.1, 0.15) is 43.6 Å². The summed E-state index contributed by atoms with van der Waals surface area (Å²) in [6.07, 6.45) is 7.63. The summed E-state index contributed by atoms with van der Waals surface area (Å²) in [6, 6.07) is 1.91. The van der Waals surface area contributed by atoms with Crippen LogP contribution in [0.25, 0.3) is 11.2 Å². The van der Waals surface area contributed by atoms with Gasteiger partial charge < -0.3 is 9.09 Å². The van der Waals surface area contributed by atoms with Crippen LogP contribution in [-0.4, -0.2) is 23.8 Å². The lowest BCUT2D eigenvalue weighted by atomic mass is 9.85. The van der Waals surface area contributed by atoms with Crippen molar-refractivity contribution in [2.75, 3.05) is 0 Å². The van der Waals surface area contributed by atoms with Crippen LogP contribution < -0.4 is 11.2 Å². The minimum atomic E-state index is -0.308. The molecule has 0 bridgehead atoms. The van der Waals surface area contributed by atoms with Crippen LogP contribution >= 0.6 is 0 Å². The Bertz CT molecular complexity index is 1070. The van der Waals surface area contributed by atoms with E-state index in [1.165, 1.54) is 28.4 Å². The van der Waals surface area contributed by atoms with Crippen molar-refractivity contribution in [2.24, 2.45) is 13.0 Å². The predicted molar refractivity (Wildman–Crippen MR) is 101 cm³/mol. The molecule has 0 aromatic carbocycles. The summed E-state index contributed by atoms with van der Waals surface area (Å²) >= 11 is 0. The smallest absolute Gasteiger partial charge is 0.332 e. The molecular formula is C19H25N5O3. The average Bonchev–Trinajstić information content (AvgIpc) is 3.22. The van der Waals surface area contributed by atoms with Gasteiger partial charge in [-0.15, -0.1) is 0 Å². The van der Waals surface area contributed by atoms with Crippen molar-refractivity contribution in [3.8, 4) is 0 Å². The number of hydrogen-bond donors (Lipinski definition) is 0. The molecule has 3 aromatic heterocycles. The number of aromatic nitrogens is 5. The Morgan fingerprint density at radius 2 is 2.07 bits per heavy atom. The molecule has 0 atom stereocenters. The molecule has 0 N–H and O–H groups in total. The summed E-state index contributed by atoms with van der Waals surface area (Å²) in [5.41, 5.74) is 1.32. The molecule has 1 aliphatic carbocycles. The maximum atomic E-state index is 13.0. The summed E-state index contributed by atoms with van der Waals surface area (Å²) in [5, 5.41) is 3.87. The van der Waals surface area contributed by atoms with Gasteiger partial charge in [-0.05, 0) is 38.5 Å². The molecular weight excluding hydrogens is 346 g/mol. The molecule has 1 saturated carbocycles. The molecule has 3 heterocycles. The summed E-state index contributed by atoms with van der Waals surface area (Å²) < 4.78 is 9.95. The third-order valence-electron chi connectivity index (χ3n) is 5.51. The van der Waals surface area contributed by atoms with Crippen molar-refractivity contribution in [3.63, 3.8) is 0 Å². The van der Waals surface area contributed by atoms with Gasteiger partial charge in [0.05, 0.1) is 12.0 Å². The zero-order valence-corrected chi connectivity index (χ0v) is 15.8. The number of rotatable bonds is 7. The van der Waals surface area contributed by atoms with E-state index in [0.29, 0.717) is 23.6 Å². The van der Waals surface area contributed by atoms with E-state index in [-0.39, 0.29) is 11.2 Å². The topological polar surface area (TPSA) is 87.9 Å². The molecule has 8 nitrogen and oxygen atoms in total. The van der Waals surface area contributed by atoms with E-state index >= 15 is 0 Å². The lowest BCUT2D eigenvalue weighted by Crippen LogP contribution is -2.40.